The van der Waals surface area contributed by atoms with Gasteiger partial charge in [-0.1, -0.05) is 24.3 Å². The third-order valence-corrected chi connectivity index (χ3v) is 6.33. The Balaban J connectivity index is 0.00000216. The monoisotopic (exact) mass is 491 g/mol. The standard InChI is InChI=1S/C23H18FN3O5S.Na.H/c1-13-20(29)26(11-15-2-6-16(7-3-15)22(30)31)23(32)27-12-18(33-21(13)27)19(28)25-10-14-4-8-17(24)9-5-14;;/h2-9,12H,10-11H2,1H3,(H,25,28)(H,30,31);;/q;+1;-1. The van der Waals surface area contributed by atoms with E-state index in [0.717, 1.165) is 15.9 Å². The minimum atomic E-state index is -1.07. The SMILES string of the molecule is Cc1c(=O)n(Cc2ccc(C(=O)O)cc2)c(=O)n2cc(C(=O)NCc3ccc(F)cc3)sc12.[H-].[Na+]. The van der Waals surface area contributed by atoms with Crippen LogP contribution in [-0.2, 0) is 13.1 Å². The maximum absolute atomic E-state index is 13.0. The molecule has 0 atom stereocenters. The first-order chi connectivity index (χ1) is 15.7. The summed E-state index contributed by atoms with van der Waals surface area (Å²) in [5, 5.41) is 11.7. The molecule has 8 nitrogen and oxygen atoms in total. The van der Waals surface area contributed by atoms with E-state index in [-0.39, 0.29) is 60.3 Å². The molecular weight excluding hydrogens is 472 g/mol. The topological polar surface area (TPSA) is 110 Å². The van der Waals surface area contributed by atoms with Gasteiger partial charge in [0.05, 0.1) is 12.1 Å². The normalized spacial score (nSPS) is 10.6. The van der Waals surface area contributed by atoms with Gasteiger partial charge < -0.3 is 11.8 Å². The quantitative estimate of drug-likeness (QED) is 0.362. The van der Waals surface area contributed by atoms with E-state index in [0.29, 0.717) is 21.5 Å². The molecule has 0 fully saturated rings. The molecule has 0 unspecified atom stereocenters. The molecule has 4 aromatic rings. The van der Waals surface area contributed by atoms with Crippen LogP contribution in [0.15, 0.2) is 64.3 Å². The molecule has 4 rings (SSSR count). The Morgan fingerprint density at radius 1 is 1.06 bits per heavy atom. The number of carboxylic acids is 1. The van der Waals surface area contributed by atoms with E-state index in [1.54, 1.807) is 31.2 Å². The van der Waals surface area contributed by atoms with E-state index in [1.165, 1.54) is 34.9 Å². The van der Waals surface area contributed by atoms with Crippen molar-refractivity contribution in [1.82, 2.24) is 14.3 Å². The molecule has 2 N–H and O–H groups in total. The first kappa shape index (κ1) is 25.6. The number of nitrogens with zero attached hydrogens (tertiary/aromatic N) is 2. The summed E-state index contributed by atoms with van der Waals surface area (Å²) in [5.41, 5.74) is 0.640. The number of aromatic carboxylic acids is 1. The van der Waals surface area contributed by atoms with Gasteiger partial charge in [0, 0.05) is 18.3 Å². The number of rotatable bonds is 6. The van der Waals surface area contributed by atoms with Crippen LogP contribution in [0.4, 0.5) is 4.39 Å². The first-order valence-electron chi connectivity index (χ1n) is 9.85. The number of aromatic nitrogens is 2. The van der Waals surface area contributed by atoms with Gasteiger partial charge in [0.2, 0.25) is 0 Å². The van der Waals surface area contributed by atoms with E-state index in [2.05, 4.69) is 5.32 Å². The molecule has 1 amide bonds. The van der Waals surface area contributed by atoms with Crippen molar-refractivity contribution in [3.63, 3.8) is 0 Å². The molecule has 2 aromatic carbocycles. The van der Waals surface area contributed by atoms with Crippen LogP contribution in [0.5, 0.6) is 0 Å². The Kier molecular flexibility index (Phi) is 7.88. The van der Waals surface area contributed by atoms with Gasteiger partial charge in [0.15, 0.2) is 0 Å². The number of fused-ring (bicyclic) bond motifs is 1. The Morgan fingerprint density at radius 2 is 1.68 bits per heavy atom. The molecular formula is C23H19FN3NaO5S. The van der Waals surface area contributed by atoms with Crippen molar-refractivity contribution in [1.29, 1.82) is 0 Å². The number of hydrogen-bond donors (Lipinski definition) is 2. The van der Waals surface area contributed by atoms with Gasteiger partial charge in [0.25, 0.3) is 11.5 Å². The minimum Gasteiger partial charge on any atom is -1.00 e. The number of aryl methyl sites for hydroxylation is 1. The summed E-state index contributed by atoms with van der Waals surface area (Å²) >= 11 is 1.03. The Bertz CT molecular complexity index is 1500. The minimum absolute atomic E-state index is 0. The number of carbonyl (C=O) groups excluding carboxylic acids is 1. The van der Waals surface area contributed by atoms with E-state index in [9.17, 15) is 23.6 Å². The van der Waals surface area contributed by atoms with Crippen molar-refractivity contribution in [3.05, 3.63) is 109 Å². The molecule has 0 bridgehead atoms. The predicted molar refractivity (Wildman–Crippen MR) is 122 cm³/mol. The number of benzene rings is 2. The Hall–Kier alpha value is -3.05. The molecule has 0 aliphatic rings. The maximum Gasteiger partial charge on any atom is 1.00 e. The molecule has 170 valence electrons. The van der Waals surface area contributed by atoms with Crippen LogP contribution in [0.1, 0.15) is 38.1 Å². The predicted octanol–water partition coefficient (Wildman–Crippen LogP) is -0.237. The van der Waals surface area contributed by atoms with Gasteiger partial charge in [-0.05, 0) is 42.3 Å². The molecule has 0 saturated carbocycles. The second kappa shape index (κ2) is 10.5. The van der Waals surface area contributed by atoms with Gasteiger partial charge in [0.1, 0.15) is 15.5 Å². The summed E-state index contributed by atoms with van der Waals surface area (Å²) in [7, 11) is 0. The summed E-state index contributed by atoms with van der Waals surface area (Å²) < 4.78 is 15.3. The van der Waals surface area contributed by atoms with Gasteiger partial charge in [-0.2, -0.15) is 0 Å². The molecule has 0 aliphatic heterocycles. The van der Waals surface area contributed by atoms with Gasteiger partial charge in [-0.15, -0.1) is 11.3 Å². The van der Waals surface area contributed by atoms with Crippen LogP contribution in [0.2, 0.25) is 0 Å². The third-order valence-electron chi connectivity index (χ3n) is 5.13. The molecule has 34 heavy (non-hydrogen) atoms. The fourth-order valence-corrected chi connectivity index (χ4v) is 4.32. The Labute approximate surface area is 220 Å². The molecule has 0 radical (unpaired) electrons. The van der Waals surface area contributed by atoms with Crippen LogP contribution in [-0.4, -0.2) is 26.0 Å². The average molecular weight is 491 g/mol. The zero-order valence-electron chi connectivity index (χ0n) is 19.4. The molecule has 0 saturated heterocycles. The summed E-state index contributed by atoms with van der Waals surface area (Å²) in [4.78, 5) is 50.1. The number of hydrogen-bond acceptors (Lipinski definition) is 5. The van der Waals surface area contributed by atoms with Crippen LogP contribution in [0, 0.1) is 12.7 Å². The van der Waals surface area contributed by atoms with Crippen LogP contribution in [0.25, 0.3) is 4.83 Å². The van der Waals surface area contributed by atoms with E-state index in [4.69, 9.17) is 5.11 Å². The summed E-state index contributed by atoms with van der Waals surface area (Å²) in [6.45, 7) is 1.72. The zero-order chi connectivity index (χ0) is 23.7. The number of amides is 1. The van der Waals surface area contributed by atoms with E-state index in [1.807, 2.05) is 0 Å². The van der Waals surface area contributed by atoms with E-state index < -0.39 is 23.1 Å². The van der Waals surface area contributed by atoms with Crippen LogP contribution in [0.3, 0.4) is 0 Å². The fourth-order valence-electron chi connectivity index (χ4n) is 3.32. The van der Waals surface area contributed by atoms with Crippen LogP contribution >= 0.6 is 11.3 Å². The largest absolute Gasteiger partial charge is 1.00 e. The second-order valence-corrected chi connectivity index (χ2v) is 8.41. The van der Waals surface area contributed by atoms with Crippen molar-refractivity contribution in [3.8, 4) is 0 Å². The van der Waals surface area contributed by atoms with Gasteiger partial charge in [-0.25, -0.2) is 14.0 Å². The number of halogens is 1. The Morgan fingerprint density at radius 3 is 2.29 bits per heavy atom. The second-order valence-electron chi connectivity index (χ2n) is 7.38. The molecule has 2 heterocycles. The summed E-state index contributed by atoms with van der Waals surface area (Å²) in [5.74, 6) is -1.86. The van der Waals surface area contributed by atoms with Crippen molar-refractivity contribution >= 4 is 28.0 Å². The summed E-state index contributed by atoms with van der Waals surface area (Å²) in [6.07, 6.45) is 1.39. The average Bonchev–Trinajstić information content (AvgIpc) is 3.26. The van der Waals surface area contributed by atoms with Crippen molar-refractivity contribution in [2.45, 2.75) is 20.0 Å². The van der Waals surface area contributed by atoms with Gasteiger partial charge >= 0.3 is 41.2 Å². The van der Waals surface area contributed by atoms with E-state index >= 15 is 0 Å². The number of nitrogens with one attached hydrogen (secondary N) is 1. The molecule has 0 aliphatic carbocycles. The number of carbonyl (C=O) groups is 2. The fraction of sp³-hybridized carbons (Fsp3) is 0.130. The number of carboxylic acid groups (broad SMARTS) is 1. The van der Waals surface area contributed by atoms with Crippen molar-refractivity contribution < 1.29 is 50.1 Å². The van der Waals surface area contributed by atoms with Crippen molar-refractivity contribution in [2.75, 3.05) is 0 Å². The maximum atomic E-state index is 13.0. The van der Waals surface area contributed by atoms with Crippen molar-refractivity contribution in [2.24, 2.45) is 0 Å². The number of thiazole rings is 1. The molecule has 0 spiro atoms. The smallest absolute Gasteiger partial charge is 1.00 e. The molecule has 2 aromatic heterocycles. The van der Waals surface area contributed by atoms with Crippen LogP contribution < -0.4 is 46.1 Å². The zero-order valence-corrected chi connectivity index (χ0v) is 21.2. The first-order valence-corrected chi connectivity index (χ1v) is 10.7. The van der Waals surface area contributed by atoms with Gasteiger partial charge in [-0.3, -0.25) is 18.6 Å². The molecule has 11 heteroatoms. The third kappa shape index (κ3) is 5.20. The summed E-state index contributed by atoms with van der Waals surface area (Å²) in [6, 6.07) is 11.6.